The summed E-state index contributed by atoms with van der Waals surface area (Å²) in [4.78, 5) is 41.0. The second-order valence-corrected chi connectivity index (χ2v) is 10.8. The maximum Gasteiger partial charge on any atom is 0.410 e. The Bertz CT molecular complexity index is 1230. The van der Waals surface area contributed by atoms with Gasteiger partial charge in [0.1, 0.15) is 17.5 Å². The molecule has 0 spiro atoms. The molecule has 1 aliphatic rings. The maximum absolute atomic E-state index is 13.5. The molecular formula is C29H40FN7O3. The topological polar surface area (TPSA) is 113 Å². The number of nitrogens with zero attached hydrogens (tertiary/aromatic N) is 5. The summed E-state index contributed by atoms with van der Waals surface area (Å²) < 4.78 is 18.9. The van der Waals surface area contributed by atoms with Crippen LogP contribution in [0.15, 0.2) is 24.5 Å². The minimum absolute atomic E-state index is 0.256. The normalized spacial score (nSPS) is 13.5. The second kappa shape index (κ2) is 13.9. The van der Waals surface area contributed by atoms with Gasteiger partial charge in [-0.25, -0.2) is 14.8 Å². The Morgan fingerprint density at radius 2 is 2.02 bits per heavy atom. The minimum atomic E-state index is -0.664. The first-order valence-corrected chi connectivity index (χ1v) is 13.7. The lowest BCUT2D eigenvalue weighted by atomic mass is 10.2. The van der Waals surface area contributed by atoms with Crippen LogP contribution >= 0.6 is 0 Å². The average Bonchev–Trinajstić information content (AvgIpc) is 3.73. The number of halogens is 1. The van der Waals surface area contributed by atoms with Gasteiger partial charge in [0.05, 0.1) is 11.8 Å². The van der Waals surface area contributed by atoms with E-state index in [0.29, 0.717) is 37.1 Å². The van der Waals surface area contributed by atoms with E-state index in [1.54, 1.807) is 47.0 Å². The van der Waals surface area contributed by atoms with Crippen LogP contribution in [0, 0.1) is 17.8 Å². The standard InChI is InChI=1S/C29H40FN7O3/c1-7-17-37(23-12-13-23)25-21(19-33-27(35-25)34-22-14-16-31-24(30)18-22)11-9-8-10-15-32-26(38)20(2)36(6)28(39)40-29(3,4)5/h14,16,18-20,23H,7-8,10,12-13,15,17H2,1-6H3,(H,32,38)(H,31,33,34,35)/t20-/m0/s1. The molecule has 0 radical (unpaired) electrons. The molecule has 40 heavy (non-hydrogen) atoms. The Labute approximate surface area is 236 Å². The minimum Gasteiger partial charge on any atom is -0.444 e. The lowest BCUT2D eigenvalue weighted by Crippen LogP contribution is -2.47. The van der Waals surface area contributed by atoms with Crippen LogP contribution in [0.1, 0.15) is 72.3 Å². The predicted octanol–water partition coefficient (Wildman–Crippen LogP) is 4.64. The third kappa shape index (κ3) is 9.36. The Kier molecular flexibility index (Phi) is 10.6. The highest BCUT2D eigenvalue weighted by atomic mass is 19.1. The molecule has 1 atom stereocenters. The number of anilines is 3. The van der Waals surface area contributed by atoms with Gasteiger partial charge in [-0.3, -0.25) is 9.69 Å². The third-order valence-corrected chi connectivity index (χ3v) is 6.12. The molecule has 0 saturated heterocycles. The molecule has 1 saturated carbocycles. The zero-order valence-corrected chi connectivity index (χ0v) is 24.3. The fourth-order valence-corrected chi connectivity index (χ4v) is 3.80. The maximum atomic E-state index is 13.5. The summed E-state index contributed by atoms with van der Waals surface area (Å²) in [5.74, 6) is 6.66. The number of aromatic nitrogens is 3. The van der Waals surface area contributed by atoms with Crippen molar-refractivity contribution in [2.45, 2.75) is 84.4 Å². The van der Waals surface area contributed by atoms with E-state index in [1.165, 1.54) is 17.2 Å². The van der Waals surface area contributed by atoms with Crippen LogP contribution in [-0.2, 0) is 9.53 Å². The van der Waals surface area contributed by atoms with E-state index in [9.17, 15) is 14.0 Å². The quantitative estimate of drug-likeness (QED) is 0.235. The van der Waals surface area contributed by atoms with E-state index in [1.807, 2.05) is 0 Å². The van der Waals surface area contributed by atoms with Gasteiger partial charge < -0.3 is 20.3 Å². The summed E-state index contributed by atoms with van der Waals surface area (Å²) in [6.07, 6.45) is 6.91. The number of hydrogen-bond acceptors (Lipinski definition) is 8. The van der Waals surface area contributed by atoms with E-state index in [-0.39, 0.29) is 5.91 Å². The average molecular weight is 554 g/mol. The van der Waals surface area contributed by atoms with Crippen molar-refractivity contribution in [3.63, 3.8) is 0 Å². The van der Waals surface area contributed by atoms with Crippen molar-refractivity contribution in [3.8, 4) is 11.8 Å². The monoisotopic (exact) mass is 553 g/mol. The van der Waals surface area contributed by atoms with Gasteiger partial charge in [-0.1, -0.05) is 18.8 Å². The van der Waals surface area contributed by atoms with Gasteiger partial charge >= 0.3 is 6.09 Å². The number of pyridine rings is 1. The van der Waals surface area contributed by atoms with Crippen LogP contribution in [-0.4, -0.2) is 69.7 Å². The fourth-order valence-electron chi connectivity index (χ4n) is 3.80. The highest BCUT2D eigenvalue weighted by Gasteiger charge is 2.31. The SMILES string of the molecule is CCCN(c1nc(Nc2ccnc(F)c2)ncc1C#CCCCNC(=O)[C@H](C)N(C)C(=O)OC(C)(C)C)C1CC1. The number of amides is 2. The molecule has 0 bridgehead atoms. The molecule has 11 heteroatoms. The largest absolute Gasteiger partial charge is 0.444 e. The molecule has 0 unspecified atom stereocenters. The Morgan fingerprint density at radius 3 is 2.67 bits per heavy atom. The van der Waals surface area contributed by atoms with Crippen LogP contribution in [0.4, 0.5) is 26.6 Å². The van der Waals surface area contributed by atoms with E-state index in [0.717, 1.165) is 37.2 Å². The van der Waals surface area contributed by atoms with Crippen molar-refractivity contribution in [3.05, 3.63) is 36.0 Å². The highest BCUT2D eigenvalue weighted by Crippen LogP contribution is 2.33. The molecule has 216 valence electrons. The second-order valence-electron chi connectivity index (χ2n) is 10.8. The Morgan fingerprint density at radius 1 is 1.27 bits per heavy atom. The summed E-state index contributed by atoms with van der Waals surface area (Å²) >= 11 is 0. The van der Waals surface area contributed by atoms with Crippen molar-refractivity contribution in [2.75, 3.05) is 30.4 Å². The highest BCUT2D eigenvalue weighted by molar-refractivity contribution is 5.85. The van der Waals surface area contributed by atoms with E-state index in [4.69, 9.17) is 9.72 Å². The molecule has 2 aromatic rings. The van der Waals surface area contributed by atoms with Crippen LogP contribution in [0.25, 0.3) is 0 Å². The van der Waals surface area contributed by atoms with Crippen molar-refractivity contribution in [1.29, 1.82) is 0 Å². The first-order chi connectivity index (χ1) is 19.0. The number of likely N-dealkylation sites (N-methyl/N-ethyl adjacent to an activating group) is 1. The molecule has 1 aliphatic carbocycles. The van der Waals surface area contributed by atoms with Gasteiger partial charge in [-0.15, -0.1) is 0 Å². The van der Waals surface area contributed by atoms with Crippen LogP contribution in [0.3, 0.4) is 0 Å². The van der Waals surface area contributed by atoms with Crippen molar-refractivity contribution in [2.24, 2.45) is 0 Å². The Balaban J connectivity index is 1.60. The van der Waals surface area contributed by atoms with Gasteiger partial charge in [-0.05, 0) is 59.4 Å². The van der Waals surface area contributed by atoms with Gasteiger partial charge in [0.15, 0.2) is 0 Å². The van der Waals surface area contributed by atoms with Crippen molar-refractivity contribution >= 4 is 29.5 Å². The van der Waals surface area contributed by atoms with E-state index < -0.39 is 23.7 Å². The zero-order valence-electron chi connectivity index (χ0n) is 24.3. The van der Waals surface area contributed by atoms with E-state index in [2.05, 4.69) is 44.3 Å². The first-order valence-electron chi connectivity index (χ1n) is 13.7. The molecule has 2 heterocycles. The van der Waals surface area contributed by atoms with Gasteiger partial charge in [0, 0.05) is 50.6 Å². The molecule has 1 fully saturated rings. The van der Waals surface area contributed by atoms with Crippen LogP contribution in [0.5, 0.6) is 0 Å². The predicted molar refractivity (Wildman–Crippen MR) is 153 cm³/mol. The Hall–Kier alpha value is -3.94. The fraction of sp³-hybridized carbons (Fsp3) is 0.552. The summed E-state index contributed by atoms with van der Waals surface area (Å²) in [6, 6.07) is 2.71. The number of carbonyl (C=O) groups excluding carboxylic acids is 2. The molecule has 0 aromatic carbocycles. The number of ether oxygens (including phenoxy) is 1. The summed E-state index contributed by atoms with van der Waals surface area (Å²) in [7, 11) is 1.54. The molecule has 3 rings (SSSR count). The number of unbranched alkanes of at least 4 members (excludes halogenated alkanes) is 1. The summed E-state index contributed by atoms with van der Waals surface area (Å²) in [6.45, 7) is 10.4. The summed E-state index contributed by atoms with van der Waals surface area (Å²) in [5.41, 5.74) is 0.607. The molecule has 0 aliphatic heterocycles. The number of carbonyl (C=O) groups is 2. The van der Waals surface area contributed by atoms with Gasteiger partial charge in [0.2, 0.25) is 17.8 Å². The lowest BCUT2D eigenvalue weighted by Gasteiger charge is -2.28. The van der Waals surface area contributed by atoms with Crippen molar-refractivity contribution < 1.29 is 18.7 Å². The molecule has 2 aromatic heterocycles. The van der Waals surface area contributed by atoms with E-state index >= 15 is 0 Å². The number of nitrogens with one attached hydrogen (secondary N) is 2. The summed E-state index contributed by atoms with van der Waals surface area (Å²) in [5, 5.41) is 5.90. The third-order valence-electron chi connectivity index (χ3n) is 6.12. The lowest BCUT2D eigenvalue weighted by molar-refractivity contribution is -0.125. The van der Waals surface area contributed by atoms with Gasteiger partial charge in [0.25, 0.3) is 0 Å². The molecule has 2 N–H and O–H groups in total. The molecule has 2 amide bonds. The van der Waals surface area contributed by atoms with Gasteiger partial charge in [-0.2, -0.15) is 9.37 Å². The molecular weight excluding hydrogens is 513 g/mol. The number of rotatable bonds is 11. The van der Waals surface area contributed by atoms with Crippen molar-refractivity contribution in [1.82, 2.24) is 25.2 Å². The van der Waals surface area contributed by atoms with Crippen LogP contribution < -0.4 is 15.5 Å². The number of hydrogen-bond donors (Lipinski definition) is 2. The smallest absolute Gasteiger partial charge is 0.410 e. The van der Waals surface area contributed by atoms with Crippen LogP contribution in [0.2, 0.25) is 0 Å². The zero-order chi connectivity index (χ0) is 29.3. The molecule has 10 nitrogen and oxygen atoms in total. The first kappa shape index (κ1) is 30.6.